The summed E-state index contributed by atoms with van der Waals surface area (Å²) in [6.07, 6.45) is 0. The predicted octanol–water partition coefficient (Wildman–Crippen LogP) is 2.74. The first kappa shape index (κ1) is 15.5. The largest absolute Gasteiger partial charge is 0.392 e. The molecule has 0 unspecified atom stereocenters. The van der Waals surface area contributed by atoms with E-state index in [-0.39, 0.29) is 12.4 Å². The van der Waals surface area contributed by atoms with Crippen LogP contribution in [0.4, 0.5) is 5.69 Å². The zero-order valence-corrected chi connectivity index (χ0v) is 12.9. The molecule has 0 radical (unpaired) electrons. The molecule has 0 saturated heterocycles. The Labute approximate surface area is 125 Å². The highest BCUT2D eigenvalue weighted by molar-refractivity contribution is 7.91. The SMILES string of the molecule is Cc1cc(C)cc(NS(=O)(=O)Cc2ccc(CO)cc2)c1. The second-order valence-corrected chi connectivity index (χ2v) is 6.93. The Kier molecular flexibility index (Phi) is 4.65. The first-order valence-electron chi connectivity index (χ1n) is 6.65. The molecule has 2 aromatic rings. The van der Waals surface area contributed by atoms with Crippen LogP contribution in [0.3, 0.4) is 0 Å². The molecule has 0 aliphatic heterocycles. The van der Waals surface area contributed by atoms with Gasteiger partial charge in [-0.3, -0.25) is 4.72 Å². The number of hydrogen-bond acceptors (Lipinski definition) is 3. The van der Waals surface area contributed by atoms with Gasteiger partial charge in [-0.05, 0) is 48.2 Å². The van der Waals surface area contributed by atoms with Gasteiger partial charge in [-0.2, -0.15) is 0 Å². The fourth-order valence-electron chi connectivity index (χ4n) is 2.21. The van der Waals surface area contributed by atoms with Crippen molar-refractivity contribution in [2.75, 3.05) is 4.72 Å². The smallest absolute Gasteiger partial charge is 0.236 e. The minimum absolute atomic E-state index is 0.0478. The molecule has 112 valence electrons. The van der Waals surface area contributed by atoms with E-state index < -0.39 is 10.0 Å². The van der Waals surface area contributed by atoms with Gasteiger partial charge in [0.2, 0.25) is 10.0 Å². The zero-order valence-electron chi connectivity index (χ0n) is 12.1. The minimum atomic E-state index is -3.45. The summed E-state index contributed by atoms with van der Waals surface area (Å²) in [4.78, 5) is 0. The lowest BCUT2D eigenvalue weighted by molar-refractivity contribution is 0.282. The molecule has 0 aromatic heterocycles. The number of hydrogen-bond donors (Lipinski definition) is 2. The molecule has 0 aliphatic rings. The number of aryl methyl sites for hydroxylation is 2. The van der Waals surface area contributed by atoms with Crippen molar-refractivity contribution in [1.29, 1.82) is 0 Å². The van der Waals surface area contributed by atoms with Gasteiger partial charge in [-0.15, -0.1) is 0 Å². The van der Waals surface area contributed by atoms with Crippen LogP contribution >= 0.6 is 0 Å². The monoisotopic (exact) mass is 305 g/mol. The summed E-state index contributed by atoms with van der Waals surface area (Å²) in [5.41, 5.74) is 4.06. The second kappa shape index (κ2) is 6.28. The maximum atomic E-state index is 12.2. The first-order chi connectivity index (χ1) is 9.88. The zero-order chi connectivity index (χ0) is 15.5. The van der Waals surface area contributed by atoms with E-state index in [0.29, 0.717) is 11.3 Å². The van der Waals surface area contributed by atoms with Gasteiger partial charge >= 0.3 is 0 Å². The number of rotatable bonds is 5. The van der Waals surface area contributed by atoms with Crippen molar-refractivity contribution in [3.05, 3.63) is 64.7 Å². The average Bonchev–Trinajstić information content (AvgIpc) is 2.37. The van der Waals surface area contributed by atoms with Crippen molar-refractivity contribution >= 4 is 15.7 Å². The lowest BCUT2D eigenvalue weighted by atomic mass is 10.1. The molecule has 0 aliphatic carbocycles. The summed E-state index contributed by atoms with van der Waals surface area (Å²) in [7, 11) is -3.45. The standard InChI is InChI=1S/C16H19NO3S/c1-12-7-13(2)9-16(8-12)17-21(19,20)11-15-5-3-14(10-18)4-6-15/h3-9,17-18H,10-11H2,1-2H3. The first-order valence-corrected chi connectivity index (χ1v) is 8.31. The molecule has 0 saturated carbocycles. The van der Waals surface area contributed by atoms with E-state index in [1.807, 2.05) is 19.9 Å². The number of nitrogens with one attached hydrogen (secondary N) is 1. The van der Waals surface area contributed by atoms with E-state index in [2.05, 4.69) is 4.72 Å². The van der Waals surface area contributed by atoms with E-state index in [1.54, 1.807) is 36.4 Å². The topological polar surface area (TPSA) is 66.4 Å². The van der Waals surface area contributed by atoms with Gasteiger partial charge < -0.3 is 5.11 Å². The van der Waals surface area contributed by atoms with Gasteiger partial charge in [0.15, 0.2) is 0 Å². The van der Waals surface area contributed by atoms with Gasteiger partial charge in [0.05, 0.1) is 12.4 Å². The van der Waals surface area contributed by atoms with Crippen molar-refractivity contribution in [1.82, 2.24) is 0 Å². The van der Waals surface area contributed by atoms with Crippen molar-refractivity contribution in [2.24, 2.45) is 0 Å². The Morgan fingerprint density at radius 2 is 1.48 bits per heavy atom. The fourth-order valence-corrected chi connectivity index (χ4v) is 3.39. The Morgan fingerprint density at radius 3 is 2.00 bits per heavy atom. The third-order valence-electron chi connectivity index (χ3n) is 3.06. The summed E-state index contributed by atoms with van der Waals surface area (Å²) in [5, 5.41) is 8.98. The Morgan fingerprint density at radius 1 is 0.952 bits per heavy atom. The van der Waals surface area contributed by atoms with E-state index in [1.165, 1.54) is 0 Å². The van der Waals surface area contributed by atoms with Crippen LogP contribution in [0.25, 0.3) is 0 Å². The van der Waals surface area contributed by atoms with Crippen LogP contribution in [0, 0.1) is 13.8 Å². The highest BCUT2D eigenvalue weighted by Crippen LogP contribution is 2.17. The molecule has 2 N–H and O–H groups in total. The Bertz CT molecular complexity index is 701. The minimum Gasteiger partial charge on any atom is -0.392 e. The summed E-state index contributed by atoms with van der Waals surface area (Å²) < 4.78 is 27.0. The summed E-state index contributed by atoms with van der Waals surface area (Å²) >= 11 is 0. The third-order valence-corrected chi connectivity index (χ3v) is 4.32. The van der Waals surface area contributed by atoms with Crippen molar-refractivity contribution < 1.29 is 13.5 Å². The van der Waals surface area contributed by atoms with E-state index in [9.17, 15) is 8.42 Å². The number of benzene rings is 2. The molecule has 21 heavy (non-hydrogen) atoms. The van der Waals surface area contributed by atoms with Crippen LogP contribution in [0.5, 0.6) is 0 Å². The molecular formula is C16H19NO3S. The Balaban J connectivity index is 2.14. The molecule has 0 fully saturated rings. The third kappa shape index (κ3) is 4.58. The number of anilines is 1. The summed E-state index contributed by atoms with van der Waals surface area (Å²) in [5.74, 6) is -0.0916. The molecule has 0 spiro atoms. The number of aliphatic hydroxyl groups is 1. The average molecular weight is 305 g/mol. The molecule has 4 nitrogen and oxygen atoms in total. The quantitative estimate of drug-likeness (QED) is 0.892. The fraction of sp³-hybridized carbons (Fsp3) is 0.250. The van der Waals surface area contributed by atoms with Crippen LogP contribution in [0.15, 0.2) is 42.5 Å². The summed E-state index contributed by atoms with van der Waals surface area (Å²) in [6, 6.07) is 12.5. The molecule has 0 bridgehead atoms. The van der Waals surface area contributed by atoms with Crippen molar-refractivity contribution in [2.45, 2.75) is 26.2 Å². The van der Waals surface area contributed by atoms with E-state index >= 15 is 0 Å². The molecule has 2 aromatic carbocycles. The van der Waals surface area contributed by atoms with Crippen molar-refractivity contribution in [3.63, 3.8) is 0 Å². The molecule has 0 amide bonds. The van der Waals surface area contributed by atoms with Crippen molar-refractivity contribution in [3.8, 4) is 0 Å². The highest BCUT2D eigenvalue weighted by atomic mass is 32.2. The Hall–Kier alpha value is -1.85. The lowest BCUT2D eigenvalue weighted by Crippen LogP contribution is -2.15. The van der Waals surface area contributed by atoms with Crippen LogP contribution in [-0.4, -0.2) is 13.5 Å². The molecule has 0 atom stereocenters. The van der Waals surface area contributed by atoms with Gasteiger partial charge in [0.1, 0.15) is 0 Å². The van der Waals surface area contributed by atoms with Gasteiger partial charge in [-0.1, -0.05) is 30.3 Å². The summed E-state index contributed by atoms with van der Waals surface area (Å²) in [6.45, 7) is 3.81. The number of aliphatic hydroxyl groups excluding tert-OH is 1. The second-order valence-electron chi connectivity index (χ2n) is 5.21. The van der Waals surface area contributed by atoms with Gasteiger partial charge in [0.25, 0.3) is 0 Å². The molecule has 5 heteroatoms. The van der Waals surface area contributed by atoms with Crippen LogP contribution in [0.1, 0.15) is 22.3 Å². The maximum Gasteiger partial charge on any atom is 0.236 e. The maximum absolute atomic E-state index is 12.2. The van der Waals surface area contributed by atoms with Gasteiger partial charge in [0, 0.05) is 5.69 Å². The van der Waals surface area contributed by atoms with Gasteiger partial charge in [-0.25, -0.2) is 8.42 Å². The molecular weight excluding hydrogens is 286 g/mol. The predicted molar refractivity (Wildman–Crippen MR) is 84.5 cm³/mol. The van der Waals surface area contributed by atoms with E-state index in [4.69, 9.17) is 5.11 Å². The number of sulfonamides is 1. The van der Waals surface area contributed by atoms with Crippen LogP contribution in [0.2, 0.25) is 0 Å². The molecule has 0 heterocycles. The highest BCUT2D eigenvalue weighted by Gasteiger charge is 2.12. The normalized spacial score (nSPS) is 11.4. The van der Waals surface area contributed by atoms with Crippen LogP contribution < -0.4 is 4.72 Å². The molecule has 2 rings (SSSR count). The van der Waals surface area contributed by atoms with Crippen LogP contribution in [-0.2, 0) is 22.4 Å². The van der Waals surface area contributed by atoms with E-state index in [0.717, 1.165) is 16.7 Å². The lowest BCUT2D eigenvalue weighted by Gasteiger charge is -2.10.